The average Bonchev–Trinajstić information content (AvgIpc) is 2.80. The zero-order chi connectivity index (χ0) is 12.9. The van der Waals surface area contributed by atoms with Gasteiger partial charge in [-0.1, -0.05) is 12.1 Å². The van der Waals surface area contributed by atoms with Gasteiger partial charge in [0, 0.05) is 12.5 Å². The van der Waals surface area contributed by atoms with Crippen LogP contribution in [0.15, 0.2) is 24.3 Å². The molecule has 0 radical (unpaired) electrons. The minimum atomic E-state index is -1.36. The molecule has 1 N–H and O–H groups in total. The SMILES string of the molecule is O=C1c2ccccc2C(=O)N1C1C[C@@H](O)[C@H](F)C1. The standard InChI is InChI=1S/C13H12FNO3/c14-10-5-7(6-11(10)16)15-12(17)8-3-1-2-4-9(8)13(15)18/h1-4,7,10-11,16H,5-6H2/t7?,10-,11-/m1/s1. The molecule has 2 amide bonds. The molecule has 3 rings (SSSR count). The van der Waals surface area contributed by atoms with Crippen molar-refractivity contribution in [2.24, 2.45) is 0 Å². The number of aliphatic hydroxyl groups is 1. The molecule has 1 unspecified atom stereocenters. The van der Waals surface area contributed by atoms with E-state index in [1.807, 2.05) is 0 Å². The van der Waals surface area contributed by atoms with E-state index in [0.29, 0.717) is 11.1 Å². The van der Waals surface area contributed by atoms with Crippen LogP contribution in [0.1, 0.15) is 33.6 Å². The zero-order valence-corrected chi connectivity index (χ0v) is 9.54. The second kappa shape index (κ2) is 3.88. The van der Waals surface area contributed by atoms with Crippen LogP contribution in [0, 0.1) is 0 Å². The third kappa shape index (κ3) is 1.47. The second-order valence-electron chi connectivity index (χ2n) is 4.73. The molecular formula is C13H12FNO3. The van der Waals surface area contributed by atoms with Crippen LogP contribution < -0.4 is 0 Å². The first-order chi connectivity index (χ1) is 8.59. The molecular weight excluding hydrogens is 237 g/mol. The number of aliphatic hydroxyl groups excluding tert-OH is 1. The first kappa shape index (κ1) is 11.3. The molecule has 5 heteroatoms. The molecule has 1 heterocycles. The summed E-state index contributed by atoms with van der Waals surface area (Å²) in [6.07, 6.45) is -2.31. The van der Waals surface area contributed by atoms with E-state index in [1.54, 1.807) is 24.3 Å². The molecule has 1 aromatic carbocycles. The first-order valence-electron chi connectivity index (χ1n) is 5.88. The van der Waals surface area contributed by atoms with Gasteiger partial charge in [0.15, 0.2) is 0 Å². The number of alkyl halides is 1. The third-order valence-corrected chi connectivity index (χ3v) is 3.62. The molecule has 1 aromatic rings. The Morgan fingerprint density at radius 2 is 1.67 bits per heavy atom. The Bertz CT molecular complexity index is 486. The lowest BCUT2D eigenvalue weighted by atomic mass is 10.1. The molecule has 0 spiro atoms. The van der Waals surface area contributed by atoms with E-state index < -0.39 is 18.3 Å². The summed E-state index contributed by atoms with van der Waals surface area (Å²) in [5, 5.41) is 9.39. The number of nitrogens with zero attached hydrogens (tertiary/aromatic N) is 1. The van der Waals surface area contributed by atoms with E-state index in [0.717, 1.165) is 4.90 Å². The number of carbonyl (C=O) groups is 2. The van der Waals surface area contributed by atoms with Crippen molar-refractivity contribution in [1.29, 1.82) is 0 Å². The van der Waals surface area contributed by atoms with Crippen molar-refractivity contribution in [3.05, 3.63) is 35.4 Å². The Labute approximate surface area is 103 Å². The van der Waals surface area contributed by atoms with Crippen LogP contribution in [0.5, 0.6) is 0 Å². The largest absolute Gasteiger partial charge is 0.390 e. The second-order valence-corrected chi connectivity index (χ2v) is 4.73. The van der Waals surface area contributed by atoms with Gasteiger partial charge in [0.1, 0.15) is 6.17 Å². The highest BCUT2D eigenvalue weighted by molar-refractivity contribution is 6.21. The highest BCUT2D eigenvalue weighted by Gasteiger charge is 2.45. The summed E-state index contributed by atoms with van der Waals surface area (Å²) >= 11 is 0. The summed E-state index contributed by atoms with van der Waals surface area (Å²) in [4.78, 5) is 25.3. The lowest BCUT2D eigenvalue weighted by Gasteiger charge is -2.21. The molecule has 4 nitrogen and oxygen atoms in total. The van der Waals surface area contributed by atoms with Crippen molar-refractivity contribution in [2.45, 2.75) is 31.2 Å². The molecule has 1 aliphatic carbocycles. The van der Waals surface area contributed by atoms with Crippen LogP contribution in [-0.4, -0.2) is 40.1 Å². The highest BCUT2D eigenvalue weighted by Crippen LogP contribution is 2.33. The van der Waals surface area contributed by atoms with E-state index in [2.05, 4.69) is 0 Å². The number of carbonyl (C=O) groups excluding carboxylic acids is 2. The van der Waals surface area contributed by atoms with Crippen LogP contribution in [0.25, 0.3) is 0 Å². The molecule has 3 atom stereocenters. The van der Waals surface area contributed by atoms with Gasteiger partial charge in [-0.25, -0.2) is 4.39 Å². The summed E-state index contributed by atoms with van der Waals surface area (Å²) in [6, 6.07) is 6.02. The van der Waals surface area contributed by atoms with Gasteiger partial charge < -0.3 is 5.11 Å². The van der Waals surface area contributed by atoms with E-state index in [1.165, 1.54) is 0 Å². The number of hydrogen-bond acceptors (Lipinski definition) is 3. The summed E-state index contributed by atoms with van der Waals surface area (Å²) in [7, 11) is 0. The molecule has 1 saturated carbocycles. The fourth-order valence-electron chi connectivity index (χ4n) is 2.69. The maximum Gasteiger partial charge on any atom is 0.261 e. The number of hydrogen-bond donors (Lipinski definition) is 1. The number of halogens is 1. The van der Waals surface area contributed by atoms with Crippen molar-refractivity contribution in [3.63, 3.8) is 0 Å². The summed E-state index contributed by atoms with van der Waals surface area (Å²) < 4.78 is 13.3. The van der Waals surface area contributed by atoms with Crippen molar-refractivity contribution in [2.75, 3.05) is 0 Å². The van der Waals surface area contributed by atoms with Gasteiger partial charge in [-0.05, 0) is 18.6 Å². The Morgan fingerprint density at radius 1 is 1.11 bits per heavy atom. The third-order valence-electron chi connectivity index (χ3n) is 3.62. The zero-order valence-electron chi connectivity index (χ0n) is 9.54. The maximum absolute atomic E-state index is 13.3. The fraction of sp³-hybridized carbons (Fsp3) is 0.385. The van der Waals surface area contributed by atoms with E-state index in [-0.39, 0.29) is 24.7 Å². The Kier molecular flexibility index (Phi) is 2.45. The molecule has 94 valence electrons. The quantitative estimate of drug-likeness (QED) is 0.759. The van der Waals surface area contributed by atoms with Crippen LogP contribution in [0.3, 0.4) is 0 Å². The molecule has 0 saturated heterocycles. The average molecular weight is 249 g/mol. The predicted molar refractivity (Wildman–Crippen MR) is 60.9 cm³/mol. The minimum Gasteiger partial charge on any atom is -0.390 e. The van der Waals surface area contributed by atoms with Gasteiger partial charge in [-0.2, -0.15) is 0 Å². The first-order valence-corrected chi connectivity index (χ1v) is 5.88. The number of rotatable bonds is 1. The molecule has 0 bridgehead atoms. The number of fused-ring (bicyclic) bond motifs is 1. The molecule has 1 fully saturated rings. The van der Waals surface area contributed by atoms with E-state index in [9.17, 15) is 19.1 Å². The van der Waals surface area contributed by atoms with Gasteiger partial charge in [-0.15, -0.1) is 0 Å². The monoisotopic (exact) mass is 249 g/mol. The molecule has 18 heavy (non-hydrogen) atoms. The van der Waals surface area contributed by atoms with Gasteiger partial charge in [-0.3, -0.25) is 14.5 Å². The summed E-state index contributed by atoms with van der Waals surface area (Å²) in [6.45, 7) is 0. The van der Waals surface area contributed by atoms with E-state index >= 15 is 0 Å². The van der Waals surface area contributed by atoms with Crippen molar-refractivity contribution in [1.82, 2.24) is 4.90 Å². The topological polar surface area (TPSA) is 57.6 Å². The number of benzene rings is 1. The maximum atomic E-state index is 13.3. The van der Waals surface area contributed by atoms with Crippen molar-refractivity contribution >= 4 is 11.8 Å². The Balaban J connectivity index is 1.93. The van der Waals surface area contributed by atoms with Crippen LogP contribution in [-0.2, 0) is 0 Å². The van der Waals surface area contributed by atoms with Gasteiger partial charge in [0.25, 0.3) is 11.8 Å². The van der Waals surface area contributed by atoms with Gasteiger partial charge in [0.2, 0.25) is 0 Å². The lowest BCUT2D eigenvalue weighted by Crippen LogP contribution is -2.38. The molecule has 1 aliphatic heterocycles. The Hall–Kier alpha value is -1.75. The normalized spacial score (nSPS) is 31.0. The van der Waals surface area contributed by atoms with Crippen LogP contribution >= 0.6 is 0 Å². The van der Waals surface area contributed by atoms with Crippen molar-refractivity contribution in [3.8, 4) is 0 Å². The molecule has 2 aliphatic rings. The smallest absolute Gasteiger partial charge is 0.261 e. The fourth-order valence-corrected chi connectivity index (χ4v) is 2.69. The summed E-state index contributed by atoms with van der Waals surface area (Å²) in [5.41, 5.74) is 0.721. The van der Waals surface area contributed by atoms with Crippen molar-refractivity contribution < 1.29 is 19.1 Å². The number of amides is 2. The minimum absolute atomic E-state index is 0.0205. The lowest BCUT2D eigenvalue weighted by molar-refractivity contribution is 0.0575. The van der Waals surface area contributed by atoms with Gasteiger partial charge in [0.05, 0.1) is 17.2 Å². The molecule has 0 aromatic heterocycles. The van der Waals surface area contributed by atoms with Crippen LogP contribution in [0.4, 0.5) is 4.39 Å². The highest BCUT2D eigenvalue weighted by atomic mass is 19.1. The van der Waals surface area contributed by atoms with E-state index in [4.69, 9.17) is 0 Å². The predicted octanol–water partition coefficient (Wildman–Crippen LogP) is 1.14. The Morgan fingerprint density at radius 3 is 2.11 bits per heavy atom. The van der Waals surface area contributed by atoms with Crippen LogP contribution in [0.2, 0.25) is 0 Å². The number of imide groups is 1. The van der Waals surface area contributed by atoms with Gasteiger partial charge >= 0.3 is 0 Å². The summed E-state index contributed by atoms with van der Waals surface area (Å²) in [5.74, 6) is -0.774.